The number of ether oxygens (including phenoxy) is 2. The average molecular weight is 526 g/mol. The first-order valence-electron chi connectivity index (χ1n) is 13.4. The Bertz CT molecular complexity index is 1430. The molecular weight excluding hydrogens is 490 g/mol. The monoisotopic (exact) mass is 525 g/mol. The molecule has 39 heavy (non-hydrogen) atoms. The molecule has 0 aliphatic carbocycles. The number of methoxy groups -OCH3 is 1. The fourth-order valence-electron chi connectivity index (χ4n) is 5.39. The summed E-state index contributed by atoms with van der Waals surface area (Å²) in [5.74, 6) is 0.110. The van der Waals surface area contributed by atoms with Gasteiger partial charge in [0.15, 0.2) is 0 Å². The minimum absolute atomic E-state index is 0.0433. The second-order valence-corrected chi connectivity index (χ2v) is 11.4. The van der Waals surface area contributed by atoms with Gasteiger partial charge in [0.2, 0.25) is 0 Å². The molecule has 1 fully saturated rings. The summed E-state index contributed by atoms with van der Waals surface area (Å²) < 4.78 is 11.1. The molecule has 2 heterocycles. The lowest BCUT2D eigenvalue weighted by Gasteiger charge is -2.26. The molecule has 1 amide bonds. The topological polar surface area (TPSA) is 76.1 Å². The lowest BCUT2D eigenvalue weighted by atomic mass is 9.85. The number of nitrogens with zero attached hydrogens (tertiary/aromatic N) is 1. The fourth-order valence-corrected chi connectivity index (χ4v) is 5.39. The average Bonchev–Trinajstić information content (AvgIpc) is 3.42. The van der Waals surface area contributed by atoms with Gasteiger partial charge in [-0.05, 0) is 71.3 Å². The van der Waals surface area contributed by atoms with E-state index in [1.165, 1.54) is 0 Å². The number of likely N-dealkylation sites (tertiary alicyclic amines) is 1. The third-order valence-corrected chi connectivity index (χ3v) is 7.60. The number of carbonyl (C=O) groups excluding carboxylic acids is 2. The zero-order chi connectivity index (χ0) is 27.9. The molecule has 6 heteroatoms. The predicted octanol–water partition coefficient (Wildman–Crippen LogP) is 5.98. The molecule has 6 nitrogen and oxygen atoms in total. The van der Waals surface area contributed by atoms with Crippen molar-refractivity contribution in [2.24, 2.45) is 0 Å². The van der Waals surface area contributed by atoms with Crippen molar-refractivity contribution in [1.29, 1.82) is 0 Å². The predicted molar refractivity (Wildman–Crippen MR) is 151 cm³/mol. The first-order valence-corrected chi connectivity index (χ1v) is 13.4. The largest absolute Gasteiger partial charge is 0.507 e. The summed E-state index contributed by atoms with van der Waals surface area (Å²) in [4.78, 5) is 28.5. The molecule has 2 aliphatic heterocycles. The number of aliphatic hydroxyl groups is 1. The molecule has 0 saturated carbocycles. The van der Waals surface area contributed by atoms with Crippen molar-refractivity contribution in [3.8, 4) is 11.5 Å². The zero-order valence-electron chi connectivity index (χ0n) is 23.2. The van der Waals surface area contributed by atoms with Gasteiger partial charge >= 0.3 is 0 Å². The van der Waals surface area contributed by atoms with Crippen LogP contribution in [0, 0.1) is 0 Å². The minimum atomic E-state index is -0.694. The van der Waals surface area contributed by atoms with E-state index in [0.29, 0.717) is 18.5 Å². The molecule has 2 atom stereocenters. The number of benzene rings is 3. The van der Waals surface area contributed by atoms with Crippen LogP contribution in [0.1, 0.15) is 61.6 Å². The summed E-state index contributed by atoms with van der Waals surface area (Å²) in [6.45, 7) is 8.74. The summed E-state index contributed by atoms with van der Waals surface area (Å²) in [5, 5.41) is 11.5. The van der Waals surface area contributed by atoms with Crippen molar-refractivity contribution >= 4 is 17.4 Å². The first-order chi connectivity index (χ1) is 18.6. The van der Waals surface area contributed by atoms with E-state index < -0.39 is 17.7 Å². The zero-order valence-corrected chi connectivity index (χ0v) is 23.2. The van der Waals surface area contributed by atoms with E-state index in [-0.39, 0.29) is 22.9 Å². The summed E-state index contributed by atoms with van der Waals surface area (Å²) >= 11 is 0. The van der Waals surface area contributed by atoms with Crippen LogP contribution in [-0.4, -0.2) is 41.5 Å². The smallest absolute Gasteiger partial charge is 0.295 e. The number of aliphatic hydroxyl groups excluding tert-OH is 1. The van der Waals surface area contributed by atoms with Gasteiger partial charge in [-0.1, -0.05) is 57.2 Å². The van der Waals surface area contributed by atoms with Gasteiger partial charge in [-0.3, -0.25) is 9.59 Å². The molecule has 1 saturated heterocycles. The van der Waals surface area contributed by atoms with Crippen LogP contribution < -0.4 is 9.47 Å². The van der Waals surface area contributed by atoms with Gasteiger partial charge in [0, 0.05) is 18.5 Å². The van der Waals surface area contributed by atoms with Gasteiger partial charge in [-0.15, -0.1) is 0 Å². The lowest BCUT2D eigenvalue weighted by molar-refractivity contribution is -0.139. The van der Waals surface area contributed by atoms with Crippen molar-refractivity contribution in [2.75, 3.05) is 13.7 Å². The second-order valence-electron chi connectivity index (χ2n) is 11.4. The molecule has 0 bridgehead atoms. The Labute approximate surface area is 229 Å². The number of Topliss-reactive ketones (excluding diaryl/α,β-unsaturated/α-hetero) is 1. The number of carbonyl (C=O) groups is 2. The molecular formula is C33H35NO5. The fraction of sp³-hybridized carbons (Fsp3) is 0.333. The van der Waals surface area contributed by atoms with Crippen molar-refractivity contribution in [2.45, 2.75) is 58.1 Å². The highest BCUT2D eigenvalue weighted by Crippen LogP contribution is 2.41. The third-order valence-electron chi connectivity index (χ3n) is 7.60. The Balaban J connectivity index is 1.55. The Morgan fingerprint density at radius 1 is 1.03 bits per heavy atom. The van der Waals surface area contributed by atoms with Crippen LogP contribution in [-0.2, 0) is 27.8 Å². The minimum Gasteiger partial charge on any atom is -0.507 e. The van der Waals surface area contributed by atoms with Gasteiger partial charge in [0.25, 0.3) is 11.7 Å². The van der Waals surface area contributed by atoms with Crippen molar-refractivity contribution in [1.82, 2.24) is 4.90 Å². The molecule has 0 aromatic heterocycles. The van der Waals surface area contributed by atoms with E-state index in [0.717, 1.165) is 40.2 Å². The maximum Gasteiger partial charge on any atom is 0.295 e. The SMILES string of the molecule is COc1ccc(CCN2C(=O)C(=O)/C(=C(\O)c3ccc4c(c3)CC(C)O4)C2c2ccc(C(C)(C)C)cc2)cc1. The third kappa shape index (κ3) is 5.16. The molecule has 0 radical (unpaired) electrons. The number of rotatable bonds is 6. The van der Waals surface area contributed by atoms with Crippen LogP contribution in [0.3, 0.4) is 0 Å². The number of ketones is 1. The molecule has 0 spiro atoms. The first kappa shape index (κ1) is 26.5. The van der Waals surface area contributed by atoms with Crippen molar-refractivity contribution < 1.29 is 24.2 Å². The van der Waals surface area contributed by atoms with Gasteiger partial charge in [0.1, 0.15) is 23.4 Å². The maximum absolute atomic E-state index is 13.5. The van der Waals surface area contributed by atoms with Gasteiger partial charge < -0.3 is 19.5 Å². The Morgan fingerprint density at radius 3 is 2.36 bits per heavy atom. The Morgan fingerprint density at radius 2 is 1.72 bits per heavy atom. The summed E-state index contributed by atoms with van der Waals surface area (Å²) in [7, 11) is 1.62. The molecule has 5 rings (SSSR count). The number of amides is 1. The standard InChI is InChI=1S/C33H35NO5/c1-20-18-24-19-23(10-15-27(24)39-20)30(35)28-29(22-8-11-25(12-9-22)33(2,3)4)34(32(37)31(28)36)17-16-21-6-13-26(38-5)14-7-21/h6-15,19-20,29,35H,16-18H2,1-5H3/b30-28-. The van der Waals surface area contributed by atoms with E-state index in [4.69, 9.17) is 9.47 Å². The van der Waals surface area contributed by atoms with E-state index in [2.05, 4.69) is 20.8 Å². The van der Waals surface area contributed by atoms with Gasteiger partial charge in [0.05, 0.1) is 18.7 Å². The number of hydrogen-bond acceptors (Lipinski definition) is 5. The summed E-state index contributed by atoms with van der Waals surface area (Å²) in [6, 6.07) is 20.4. The molecule has 3 aromatic rings. The molecule has 1 N–H and O–H groups in total. The van der Waals surface area contributed by atoms with E-state index >= 15 is 0 Å². The van der Waals surface area contributed by atoms with Crippen LogP contribution in [0.25, 0.3) is 5.76 Å². The molecule has 2 aliphatic rings. The lowest BCUT2D eigenvalue weighted by Crippen LogP contribution is -2.31. The van der Waals surface area contributed by atoms with E-state index in [1.807, 2.05) is 67.6 Å². The molecule has 202 valence electrons. The number of hydrogen-bond donors (Lipinski definition) is 1. The summed E-state index contributed by atoms with van der Waals surface area (Å²) in [5.41, 5.74) is 4.52. The van der Waals surface area contributed by atoms with Gasteiger partial charge in [-0.2, -0.15) is 0 Å². The molecule has 2 unspecified atom stereocenters. The van der Waals surface area contributed by atoms with Crippen LogP contribution in [0.5, 0.6) is 11.5 Å². The van der Waals surface area contributed by atoms with Crippen molar-refractivity contribution in [3.63, 3.8) is 0 Å². The Hall–Kier alpha value is -4.06. The van der Waals surface area contributed by atoms with Crippen LogP contribution in [0.2, 0.25) is 0 Å². The van der Waals surface area contributed by atoms with Crippen molar-refractivity contribution in [3.05, 3.63) is 100 Å². The number of fused-ring (bicyclic) bond motifs is 1. The Kier molecular flexibility index (Phi) is 6.98. The highest BCUT2D eigenvalue weighted by Gasteiger charge is 2.46. The van der Waals surface area contributed by atoms with Crippen LogP contribution >= 0.6 is 0 Å². The van der Waals surface area contributed by atoms with E-state index in [1.54, 1.807) is 18.1 Å². The quantitative estimate of drug-likeness (QED) is 0.243. The van der Waals surface area contributed by atoms with Crippen LogP contribution in [0.15, 0.2) is 72.3 Å². The van der Waals surface area contributed by atoms with E-state index in [9.17, 15) is 14.7 Å². The van der Waals surface area contributed by atoms with Crippen LogP contribution in [0.4, 0.5) is 0 Å². The molecule has 3 aromatic carbocycles. The summed E-state index contributed by atoms with van der Waals surface area (Å²) in [6.07, 6.45) is 1.34. The second kappa shape index (κ2) is 10.3. The highest BCUT2D eigenvalue weighted by molar-refractivity contribution is 6.46. The normalized spacial score (nSPS) is 20.2. The maximum atomic E-state index is 13.5. The van der Waals surface area contributed by atoms with Gasteiger partial charge in [-0.25, -0.2) is 0 Å². The highest BCUT2D eigenvalue weighted by atomic mass is 16.5.